The molecule has 1 saturated heterocycles. The van der Waals surface area contributed by atoms with Gasteiger partial charge in [-0.3, -0.25) is 14.5 Å². The van der Waals surface area contributed by atoms with Crippen LogP contribution in [0.3, 0.4) is 0 Å². The van der Waals surface area contributed by atoms with Crippen LogP contribution in [0.25, 0.3) is 0 Å². The van der Waals surface area contributed by atoms with Crippen LogP contribution in [0, 0.1) is 11.8 Å². The van der Waals surface area contributed by atoms with Crippen molar-refractivity contribution >= 4 is 17.8 Å². The Morgan fingerprint density at radius 1 is 1.15 bits per heavy atom. The molecule has 0 bridgehead atoms. The fourth-order valence-corrected chi connectivity index (χ4v) is 2.32. The largest absolute Gasteiger partial charge is 0.465 e. The number of rotatable bonds is 3. The number of amides is 2. The van der Waals surface area contributed by atoms with Crippen LogP contribution in [-0.4, -0.2) is 29.8 Å². The topological polar surface area (TPSA) is 63.7 Å². The number of carbonyl (C=O) groups excluding carboxylic acids is 3. The molecule has 20 heavy (non-hydrogen) atoms. The lowest BCUT2D eigenvalue weighted by atomic mass is 10.00. The van der Waals surface area contributed by atoms with Crippen LogP contribution in [0.1, 0.15) is 29.8 Å². The third-order valence-electron chi connectivity index (χ3n) is 3.81. The van der Waals surface area contributed by atoms with Crippen LogP contribution in [0.15, 0.2) is 24.3 Å². The van der Waals surface area contributed by atoms with Crippen molar-refractivity contribution < 1.29 is 19.1 Å². The van der Waals surface area contributed by atoms with Crippen molar-refractivity contribution in [2.75, 3.05) is 7.11 Å². The molecular formula is C15H17NO4. The van der Waals surface area contributed by atoms with E-state index in [-0.39, 0.29) is 30.2 Å². The van der Waals surface area contributed by atoms with Gasteiger partial charge >= 0.3 is 5.97 Å². The summed E-state index contributed by atoms with van der Waals surface area (Å²) in [6.45, 7) is 3.60. The summed E-state index contributed by atoms with van der Waals surface area (Å²) in [6, 6.07) is 6.83. The molecule has 2 amide bonds. The first-order valence-electron chi connectivity index (χ1n) is 6.48. The Bertz CT molecular complexity index is 547. The Balaban J connectivity index is 2.29. The number of nitrogens with zero attached hydrogens (tertiary/aromatic N) is 1. The van der Waals surface area contributed by atoms with Gasteiger partial charge in [0.2, 0.25) is 11.8 Å². The second-order valence-electron chi connectivity index (χ2n) is 4.99. The maximum Gasteiger partial charge on any atom is 0.338 e. The predicted molar refractivity (Wildman–Crippen MR) is 71.7 cm³/mol. The average molecular weight is 275 g/mol. The fourth-order valence-electron chi connectivity index (χ4n) is 2.32. The highest BCUT2D eigenvalue weighted by Gasteiger charge is 2.42. The van der Waals surface area contributed by atoms with E-state index in [0.29, 0.717) is 11.1 Å². The predicted octanol–water partition coefficient (Wildman–Crippen LogP) is 1.61. The van der Waals surface area contributed by atoms with Crippen LogP contribution in [-0.2, 0) is 20.9 Å². The number of hydrogen-bond donors (Lipinski definition) is 0. The quantitative estimate of drug-likeness (QED) is 0.621. The summed E-state index contributed by atoms with van der Waals surface area (Å²) < 4.78 is 4.71. The van der Waals surface area contributed by atoms with E-state index < -0.39 is 5.97 Å². The van der Waals surface area contributed by atoms with Crippen molar-refractivity contribution in [1.29, 1.82) is 0 Å². The van der Waals surface area contributed by atoms with Crippen LogP contribution in [0.5, 0.6) is 0 Å². The van der Waals surface area contributed by atoms with Crippen LogP contribution < -0.4 is 0 Å². The molecule has 1 fully saturated rings. The molecule has 1 heterocycles. The molecule has 0 aliphatic carbocycles. The van der Waals surface area contributed by atoms with E-state index in [1.165, 1.54) is 12.0 Å². The molecule has 0 radical (unpaired) electrons. The minimum atomic E-state index is -0.471. The molecule has 5 nitrogen and oxygen atoms in total. The number of benzene rings is 1. The molecule has 1 aliphatic heterocycles. The summed E-state index contributed by atoms with van der Waals surface area (Å²) >= 11 is 0. The van der Waals surface area contributed by atoms with Gasteiger partial charge in [0.25, 0.3) is 0 Å². The van der Waals surface area contributed by atoms with Gasteiger partial charge in [-0.25, -0.2) is 4.79 Å². The van der Waals surface area contributed by atoms with Gasteiger partial charge in [-0.2, -0.15) is 0 Å². The van der Waals surface area contributed by atoms with Crippen LogP contribution in [0.2, 0.25) is 0 Å². The Kier molecular flexibility index (Phi) is 3.88. The summed E-state index contributed by atoms with van der Waals surface area (Å²) in [6.07, 6.45) is 0. The maximum absolute atomic E-state index is 12.1. The highest BCUT2D eigenvalue weighted by molar-refractivity contribution is 6.04. The number of hydrogen-bond acceptors (Lipinski definition) is 4. The van der Waals surface area contributed by atoms with E-state index in [1.807, 2.05) is 0 Å². The molecule has 0 spiro atoms. The van der Waals surface area contributed by atoms with Gasteiger partial charge in [-0.15, -0.1) is 0 Å². The molecule has 1 aromatic carbocycles. The summed E-state index contributed by atoms with van der Waals surface area (Å²) in [7, 11) is 1.30. The van der Waals surface area contributed by atoms with Gasteiger partial charge in [0.1, 0.15) is 0 Å². The van der Waals surface area contributed by atoms with Crippen molar-refractivity contribution in [3.05, 3.63) is 35.4 Å². The molecule has 5 heteroatoms. The van der Waals surface area contributed by atoms with E-state index in [4.69, 9.17) is 4.74 Å². The first-order valence-corrected chi connectivity index (χ1v) is 6.48. The highest BCUT2D eigenvalue weighted by atomic mass is 16.5. The Morgan fingerprint density at radius 2 is 1.70 bits per heavy atom. The van der Waals surface area contributed by atoms with E-state index in [9.17, 15) is 14.4 Å². The number of methoxy groups -OCH3 is 1. The number of carbonyl (C=O) groups is 3. The molecule has 0 aromatic heterocycles. The van der Waals surface area contributed by atoms with Gasteiger partial charge in [0, 0.05) is 11.8 Å². The van der Waals surface area contributed by atoms with Gasteiger partial charge < -0.3 is 4.74 Å². The maximum atomic E-state index is 12.1. The van der Waals surface area contributed by atoms with E-state index in [2.05, 4.69) is 0 Å². The minimum Gasteiger partial charge on any atom is -0.465 e. The lowest BCUT2D eigenvalue weighted by molar-refractivity contribution is -0.140. The fraction of sp³-hybridized carbons (Fsp3) is 0.400. The smallest absolute Gasteiger partial charge is 0.338 e. The van der Waals surface area contributed by atoms with Gasteiger partial charge in [0.05, 0.1) is 19.2 Å². The number of imide groups is 1. The minimum absolute atomic E-state index is 0.109. The van der Waals surface area contributed by atoms with Gasteiger partial charge in [-0.05, 0) is 11.6 Å². The molecule has 0 N–H and O–H groups in total. The normalized spacial score (nSPS) is 22.2. The third kappa shape index (κ3) is 2.31. The van der Waals surface area contributed by atoms with Crippen molar-refractivity contribution in [3.8, 4) is 0 Å². The molecule has 106 valence electrons. The molecule has 2 rings (SSSR count). The Labute approximate surface area is 117 Å². The lowest BCUT2D eigenvalue weighted by Gasteiger charge is -2.16. The van der Waals surface area contributed by atoms with Crippen LogP contribution >= 0.6 is 0 Å². The second-order valence-corrected chi connectivity index (χ2v) is 4.99. The summed E-state index contributed by atoms with van der Waals surface area (Å²) in [5.41, 5.74) is 0.991. The zero-order valence-electron chi connectivity index (χ0n) is 11.8. The van der Waals surface area contributed by atoms with Gasteiger partial charge in [-0.1, -0.05) is 32.0 Å². The second kappa shape index (κ2) is 5.45. The highest BCUT2D eigenvalue weighted by Crippen LogP contribution is 2.27. The Hall–Kier alpha value is -2.17. The molecule has 1 aromatic rings. The zero-order valence-corrected chi connectivity index (χ0v) is 11.8. The zero-order chi connectivity index (χ0) is 14.9. The summed E-state index contributed by atoms with van der Waals surface area (Å²) in [5.74, 6) is -1.48. The first-order chi connectivity index (χ1) is 9.47. The third-order valence-corrected chi connectivity index (χ3v) is 3.81. The molecule has 0 saturated carbocycles. The van der Waals surface area contributed by atoms with E-state index in [0.717, 1.165) is 0 Å². The molecule has 1 aliphatic rings. The van der Waals surface area contributed by atoms with Crippen molar-refractivity contribution in [2.45, 2.75) is 20.4 Å². The van der Waals surface area contributed by atoms with Crippen LogP contribution in [0.4, 0.5) is 0 Å². The van der Waals surface area contributed by atoms with E-state index in [1.54, 1.807) is 38.1 Å². The van der Waals surface area contributed by atoms with E-state index >= 15 is 0 Å². The number of esters is 1. The molecule has 2 unspecified atom stereocenters. The number of likely N-dealkylation sites (tertiary alicyclic amines) is 1. The van der Waals surface area contributed by atoms with Crippen molar-refractivity contribution in [3.63, 3.8) is 0 Å². The monoisotopic (exact) mass is 275 g/mol. The molecular weight excluding hydrogens is 258 g/mol. The standard InChI is InChI=1S/C15H17NO4/c1-9-10(2)14(18)16(13(9)17)8-11-6-4-5-7-12(11)15(19)20-3/h4-7,9-10H,8H2,1-3H3. The van der Waals surface area contributed by atoms with Crippen molar-refractivity contribution in [2.24, 2.45) is 11.8 Å². The molecule has 2 atom stereocenters. The van der Waals surface area contributed by atoms with Crippen molar-refractivity contribution in [1.82, 2.24) is 4.90 Å². The lowest BCUT2D eigenvalue weighted by Crippen LogP contribution is -2.31. The summed E-state index contributed by atoms with van der Waals surface area (Å²) in [4.78, 5) is 37.0. The number of ether oxygens (including phenoxy) is 1. The summed E-state index contributed by atoms with van der Waals surface area (Å²) in [5, 5.41) is 0. The average Bonchev–Trinajstić information content (AvgIpc) is 2.65. The first kappa shape index (κ1) is 14.2. The SMILES string of the molecule is COC(=O)c1ccccc1CN1C(=O)C(C)C(C)C1=O. The Morgan fingerprint density at radius 3 is 2.25 bits per heavy atom. The van der Waals surface area contributed by atoms with Gasteiger partial charge in [0.15, 0.2) is 0 Å².